The minimum Gasteiger partial charge on any atom is -0.381 e. The van der Waals surface area contributed by atoms with Crippen LogP contribution in [0.25, 0.3) is 0 Å². The summed E-state index contributed by atoms with van der Waals surface area (Å²) >= 11 is 35.3. The molecule has 6 atom stereocenters. The van der Waals surface area contributed by atoms with Gasteiger partial charge in [-0.15, -0.1) is 0 Å². The Morgan fingerprint density at radius 1 is 0.369 bits per heavy atom. The number of ether oxygens (including phenoxy) is 2. The maximum atomic E-state index is 12.5. The van der Waals surface area contributed by atoms with Crippen LogP contribution in [0.5, 0.6) is 0 Å². The zero-order valence-electron chi connectivity index (χ0n) is 76.1. The fourth-order valence-electron chi connectivity index (χ4n) is 13.3. The smallest absolute Gasteiger partial charge is 0.236 e. The number of morpholine rings is 1. The van der Waals surface area contributed by atoms with Crippen molar-refractivity contribution >= 4 is 116 Å². The molecule has 6 aromatic rings. The highest BCUT2D eigenvalue weighted by molar-refractivity contribution is 6.32. The standard InChI is InChI=1S/C18H27ClN2O2.C18H26ClNO2.C17H24ClNO2.C16H23ClN2O2.C15H22ClNO.C14H20ClNO/c1-14(2)18(22)17(13-15-3-5-16(19)6-4-15)20-7-8-21-9-11-23-12-10-21;1-12(2)9-16(21)11-20-17(18(22)13(3)4)10-14-5-7-15(19)8-6-14;1-12(2)17(20)16(19-15-7-9-21-10-8-15)11-13-3-5-14(18)6-4-13;1-11(2)16(21)14(18-10-15(20)19(3)4)9-12-5-7-13(17)8-6-12;1-10(2)15(18)14(17-11(3)4)9-12-5-7-13(16)8-6-12;1-10(2)14(17)13(16(3)4)9-11-5-7-12(15)8-6-11/h3-6,14,17,20H,7-13H2,1-2H3;5-8,12-13,17,20H,9-11H2,1-4H3;3-6,12,15-16,19H,7-11H2,1-2H3;5-8,11,14,18H,9-10H2,1-4H3;5-8,10-11,14,17H,9H2,1-4H3;5-8,10,13H,9H2,1-4H3/t2*17-;16-;2*14-;13-/m111111/s1. The second kappa shape index (κ2) is 59.8. The van der Waals surface area contributed by atoms with Crippen LogP contribution in [0.15, 0.2) is 146 Å². The van der Waals surface area contributed by atoms with E-state index in [4.69, 9.17) is 79.1 Å². The van der Waals surface area contributed by atoms with Crippen LogP contribution in [-0.2, 0) is 86.4 Å². The van der Waals surface area contributed by atoms with E-state index in [1.54, 1.807) is 26.2 Å². The molecule has 18 nitrogen and oxygen atoms in total. The SMILES string of the molecule is CC(C)C(=O)[C@@H](Cc1ccc(Cl)cc1)N(C)C.CC(C)C(=O)[C@@H](Cc1ccc(Cl)cc1)NC1CCOCC1.CC(C)C(=O)[C@@H](Cc1ccc(Cl)cc1)NCC(=O)N(C)C.CC(C)C(=O)[C@@H](Cc1ccc(Cl)cc1)NCCN1CCOCC1.CC(C)CC(=O)CN[C@H](Cc1ccc(Cl)cc1)C(=O)C(C)C.CC(C)N[C@H](Cc1ccc(Cl)cc1)C(=O)C(C)C. The molecule has 24 heteroatoms. The minimum absolute atomic E-state index is 0.0307. The minimum atomic E-state index is -0.366. The molecule has 122 heavy (non-hydrogen) atoms. The fraction of sp³-hybridized carbons (Fsp3) is 0.551. The van der Waals surface area contributed by atoms with E-state index in [-0.39, 0.29) is 131 Å². The van der Waals surface area contributed by atoms with Crippen LogP contribution in [0.4, 0.5) is 0 Å². The van der Waals surface area contributed by atoms with Crippen molar-refractivity contribution in [2.45, 2.75) is 217 Å². The lowest BCUT2D eigenvalue weighted by Gasteiger charge is -2.29. The van der Waals surface area contributed by atoms with E-state index in [2.05, 4.69) is 45.3 Å². The number of nitrogens with one attached hydrogen (secondary N) is 5. The zero-order valence-corrected chi connectivity index (χ0v) is 80.7. The Balaban J connectivity index is 0.000000379. The first-order valence-electron chi connectivity index (χ1n) is 43.2. The predicted octanol–water partition coefficient (Wildman–Crippen LogP) is 18.0. The largest absolute Gasteiger partial charge is 0.381 e. The first-order valence-corrected chi connectivity index (χ1v) is 45.5. The van der Waals surface area contributed by atoms with Gasteiger partial charge in [0.15, 0.2) is 34.7 Å². The van der Waals surface area contributed by atoms with Gasteiger partial charge in [-0.05, 0) is 178 Å². The van der Waals surface area contributed by atoms with Crippen molar-refractivity contribution in [2.24, 2.45) is 41.4 Å². The molecule has 0 aromatic heterocycles. The number of halogens is 6. The van der Waals surface area contributed by atoms with Gasteiger partial charge in [0.25, 0.3) is 0 Å². The molecule has 0 radical (unpaired) electrons. The summed E-state index contributed by atoms with van der Waals surface area (Å²) in [5, 5.41) is 20.8. The molecule has 0 saturated carbocycles. The fourth-order valence-corrected chi connectivity index (χ4v) is 14.0. The lowest BCUT2D eigenvalue weighted by molar-refractivity contribution is -0.129. The number of benzene rings is 6. The lowest BCUT2D eigenvalue weighted by atomic mass is 9.94. The molecule has 676 valence electrons. The number of carbonyl (C=O) groups excluding carboxylic acids is 8. The Kier molecular flexibility index (Phi) is 53.9. The van der Waals surface area contributed by atoms with Crippen molar-refractivity contribution in [3.8, 4) is 0 Å². The van der Waals surface area contributed by atoms with E-state index in [0.29, 0.717) is 66.6 Å². The number of nitrogens with zero attached hydrogens (tertiary/aromatic N) is 3. The number of ketones is 7. The Bertz CT molecular complexity index is 4000. The Labute approximate surface area is 761 Å². The van der Waals surface area contributed by atoms with Crippen molar-refractivity contribution in [2.75, 3.05) is 93.9 Å². The van der Waals surface area contributed by atoms with Gasteiger partial charge in [-0.3, -0.25) is 53.5 Å². The maximum Gasteiger partial charge on any atom is 0.236 e. The maximum absolute atomic E-state index is 12.5. The lowest BCUT2D eigenvalue weighted by Crippen LogP contribution is -2.48. The summed E-state index contributed by atoms with van der Waals surface area (Å²) in [4.78, 5) is 103. The molecule has 5 N–H and O–H groups in total. The summed E-state index contributed by atoms with van der Waals surface area (Å²) in [6.45, 7) is 38.6. The Morgan fingerprint density at radius 2 is 0.656 bits per heavy atom. The molecule has 0 spiro atoms. The van der Waals surface area contributed by atoms with Crippen LogP contribution in [0.2, 0.25) is 30.1 Å². The molecule has 2 aliphatic rings. The number of Topliss-reactive ketones (excluding diaryl/α,β-unsaturated/α-hetero) is 7. The third-order valence-corrected chi connectivity index (χ3v) is 22.0. The third-order valence-electron chi connectivity index (χ3n) is 20.5. The second-order valence-corrected chi connectivity index (χ2v) is 37.2. The van der Waals surface area contributed by atoms with E-state index in [0.717, 1.165) is 125 Å². The average molecular weight is 1800 g/mol. The molecule has 2 heterocycles. The molecule has 1 amide bonds. The van der Waals surface area contributed by atoms with Gasteiger partial charge in [0.2, 0.25) is 5.91 Å². The quantitative estimate of drug-likeness (QED) is 0.0241. The highest BCUT2D eigenvalue weighted by atomic mass is 35.5. The van der Waals surface area contributed by atoms with E-state index in [1.165, 1.54) is 4.90 Å². The summed E-state index contributed by atoms with van der Waals surface area (Å²) in [6.07, 6.45) is 6.48. The number of rotatable bonds is 41. The van der Waals surface area contributed by atoms with Crippen LogP contribution in [-0.4, -0.2) is 203 Å². The van der Waals surface area contributed by atoms with Crippen LogP contribution in [0, 0.1) is 41.4 Å². The summed E-state index contributed by atoms with van der Waals surface area (Å²) in [5.74, 6) is 1.80. The Hall–Kier alpha value is -6.14. The number of likely N-dealkylation sites (N-methyl/N-ethyl adjacent to an activating group) is 2. The number of hydrogen-bond donors (Lipinski definition) is 5. The highest BCUT2D eigenvalue weighted by Gasteiger charge is 2.30. The summed E-state index contributed by atoms with van der Waals surface area (Å²) in [5.41, 5.74) is 6.59. The molecule has 2 aliphatic heterocycles. The molecule has 2 saturated heterocycles. The van der Waals surface area contributed by atoms with Crippen LogP contribution in [0.1, 0.15) is 163 Å². The second-order valence-electron chi connectivity index (χ2n) is 34.5. The summed E-state index contributed by atoms with van der Waals surface area (Å²) in [6, 6.07) is 45.2. The topological polar surface area (TPSA) is 225 Å². The van der Waals surface area contributed by atoms with Crippen molar-refractivity contribution < 1.29 is 47.8 Å². The first kappa shape index (κ1) is 110. The van der Waals surface area contributed by atoms with Crippen LogP contribution < -0.4 is 26.6 Å². The van der Waals surface area contributed by atoms with Crippen LogP contribution >= 0.6 is 69.6 Å². The molecule has 0 bridgehead atoms. The van der Waals surface area contributed by atoms with E-state index in [9.17, 15) is 38.4 Å². The summed E-state index contributed by atoms with van der Waals surface area (Å²) in [7, 11) is 7.28. The predicted molar refractivity (Wildman–Crippen MR) is 506 cm³/mol. The van der Waals surface area contributed by atoms with E-state index < -0.39 is 0 Å². The molecule has 0 aliphatic carbocycles. The molecular weight excluding hydrogens is 1660 g/mol. The molecule has 6 aromatic carbocycles. The first-order chi connectivity index (χ1) is 57.5. The van der Waals surface area contributed by atoms with Crippen LogP contribution in [0.3, 0.4) is 0 Å². The third kappa shape index (κ3) is 45.8. The average Bonchev–Trinajstić information content (AvgIpc) is 0.842. The molecule has 8 rings (SSSR count). The molecule has 2 fully saturated rings. The molecule has 0 unspecified atom stereocenters. The van der Waals surface area contributed by atoms with Gasteiger partial charge in [0.05, 0.1) is 62.6 Å². The Morgan fingerprint density at radius 3 is 0.967 bits per heavy atom. The van der Waals surface area contributed by atoms with Crippen molar-refractivity contribution in [1.29, 1.82) is 0 Å². The van der Waals surface area contributed by atoms with Gasteiger partial charge in [-0.2, -0.15) is 0 Å². The monoisotopic (exact) mass is 1800 g/mol. The van der Waals surface area contributed by atoms with Gasteiger partial charge in [0.1, 0.15) is 5.78 Å². The van der Waals surface area contributed by atoms with Gasteiger partial charge in [0, 0.05) is 138 Å². The van der Waals surface area contributed by atoms with Gasteiger partial charge < -0.3 is 35.6 Å². The molecular formula is C98H142Cl6N8O10. The summed E-state index contributed by atoms with van der Waals surface area (Å²) < 4.78 is 10.7. The normalized spacial score (nSPS) is 14.5. The van der Waals surface area contributed by atoms with E-state index in [1.807, 2.05) is 249 Å². The van der Waals surface area contributed by atoms with Gasteiger partial charge >= 0.3 is 0 Å². The zero-order chi connectivity index (χ0) is 91.3. The van der Waals surface area contributed by atoms with Gasteiger partial charge in [-0.25, -0.2) is 0 Å². The van der Waals surface area contributed by atoms with Crippen molar-refractivity contribution in [1.82, 2.24) is 41.3 Å². The number of amides is 1. The van der Waals surface area contributed by atoms with Gasteiger partial charge in [-0.1, -0.05) is 253 Å². The van der Waals surface area contributed by atoms with E-state index >= 15 is 0 Å². The van der Waals surface area contributed by atoms with Crippen molar-refractivity contribution in [3.63, 3.8) is 0 Å². The number of carbonyl (C=O) groups is 8. The highest BCUT2D eigenvalue weighted by Crippen LogP contribution is 2.22. The number of hydrogen-bond acceptors (Lipinski definition) is 17. The van der Waals surface area contributed by atoms with Crippen molar-refractivity contribution in [3.05, 3.63) is 209 Å².